The minimum atomic E-state index is -0.360. The predicted octanol–water partition coefficient (Wildman–Crippen LogP) is 2.28. The van der Waals surface area contributed by atoms with Crippen LogP contribution >= 0.6 is 0 Å². The van der Waals surface area contributed by atoms with Crippen molar-refractivity contribution in [2.75, 3.05) is 19.5 Å². The molecule has 98 valence electrons. The molecule has 0 atom stereocenters. The number of esters is 1. The van der Waals surface area contributed by atoms with Gasteiger partial charge in [0.25, 0.3) is 0 Å². The van der Waals surface area contributed by atoms with Crippen molar-refractivity contribution >= 4 is 11.9 Å². The number of nitrogens with one attached hydrogen (secondary N) is 1. The molecule has 1 aromatic carbocycles. The van der Waals surface area contributed by atoms with Gasteiger partial charge in [0.05, 0.1) is 18.4 Å². The second-order valence-electron chi connectivity index (χ2n) is 4.04. The normalized spacial score (nSPS) is 10.1. The van der Waals surface area contributed by atoms with Gasteiger partial charge in [-0.05, 0) is 25.1 Å². The Kier molecular flexibility index (Phi) is 3.75. The molecule has 2 aromatic rings. The van der Waals surface area contributed by atoms with E-state index in [9.17, 15) is 4.79 Å². The van der Waals surface area contributed by atoms with Crippen LogP contribution < -0.4 is 5.32 Å². The summed E-state index contributed by atoms with van der Waals surface area (Å²) in [7, 11) is 3.13. The molecule has 0 saturated heterocycles. The lowest BCUT2D eigenvalue weighted by Gasteiger charge is -2.07. The van der Waals surface area contributed by atoms with Crippen molar-refractivity contribution < 1.29 is 9.53 Å². The fraction of sp³-hybridized carbons (Fsp3) is 0.214. The van der Waals surface area contributed by atoms with Crippen LogP contribution in [0.2, 0.25) is 0 Å². The molecule has 0 aliphatic rings. The predicted molar refractivity (Wildman–Crippen MR) is 73.1 cm³/mol. The zero-order valence-electron chi connectivity index (χ0n) is 11.1. The minimum Gasteiger partial charge on any atom is -0.465 e. The first-order valence-electron chi connectivity index (χ1n) is 5.86. The van der Waals surface area contributed by atoms with Crippen LogP contribution in [0.1, 0.15) is 16.1 Å². The monoisotopic (exact) mass is 257 g/mol. The van der Waals surface area contributed by atoms with Gasteiger partial charge in [0.15, 0.2) is 0 Å². The highest BCUT2D eigenvalue weighted by Crippen LogP contribution is 2.20. The molecular weight excluding hydrogens is 242 g/mol. The van der Waals surface area contributed by atoms with Gasteiger partial charge in [-0.15, -0.1) is 0 Å². The maximum Gasteiger partial charge on any atom is 0.337 e. The number of hydrogen-bond acceptors (Lipinski definition) is 5. The number of ether oxygens (including phenoxy) is 1. The third-order valence-electron chi connectivity index (χ3n) is 2.66. The molecule has 1 N–H and O–H groups in total. The minimum absolute atomic E-state index is 0.360. The van der Waals surface area contributed by atoms with Crippen molar-refractivity contribution in [3.63, 3.8) is 0 Å². The Morgan fingerprint density at radius 3 is 2.74 bits per heavy atom. The average molecular weight is 257 g/mol. The third kappa shape index (κ3) is 2.88. The van der Waals surface area contributed by atoms with Crippen LogP contribution in [0.4, 0.5) is 5.95 Å². The number of aromatic nitrogens is 2. The Morgan fingerprint density at radius 2 is 2.05 bits per heavy atom. The van der Waals surface area contributed by atoms with E-state index in [1.165, 1.54) is 7.11 Å². The van der Waals surface area contributed by atoms with Crippen LogP contribution in [-0.4, -0.2) is 30.1 Å². The fourth-order valence-corrected chi connectivity index (χ4v) is 1.75. The summed E-state index contributed by atoms with van der Waals surface area (Å²) < 4.78 is 4.71. The molecule has 0 unspecified atom stereocenters. The number of anilines is 1. The van der Waals surface area contributed by atoms with Crippen molar-refractivity contribution in [2.45, 2.75) is 6.92 Å². The van der Waals surface area contributed by atoms with E-state index in [1.807, 2.05) is 19.1 Å². The number of aryl methyl sites for hydroxylation is 1. The largest absolute Gasteiger partial charge is 0.465 e. The molecule has 5 nitrogen and oxygen atoms in total. The molecule has 5 heteroatoms. The molecule has 0 aliphatic carbocycles. The molecule has 0 bridgehead atoms. The van der Waals surface area contributed by atoms with Crippen molar-refractivity contribution in [3.05, 3.63) is 41.6 Å². The standard InChI is InChI=1S/C14H15N3O2/c1-9-7-12(17-14(15-2)16-9)10-5-4-6-11(8-10)13(18)19-3/h4-8H,1-3H3,(H,15,16,17). The first-order valence-corrected chi connectivity index (χ1v) is 5.86. The van der Waals surface area contributed by atoms with Gasteiger partial charge in [0.2, 0.25) is 5.95 Å². The molecular formula is C14H15N3O2. The molecule has 0 saturated carbocycles. The van der Waals surface area contributed by atoms with Crippen LogP contribution in [0.3, 0.4) is 0 Å². The van der Waals surface area contributed by atoms with Gasteiger partial charge in [-0.3, -0.25) is 0 Å². The smallest absolute Gasteiger partial charge is 0.337 e. The summed E-state index contributed by atoms with van der Waals surface area (Å²) in [6, 6.07) is 9.04. The Hall–Kier alpha value is -2.43. The Morgan fingerprint density at radius 1 is 1.26 bits per heavy atom. The van der Waals surface area contributed by atoms with Crippen LogP contribution in [0.15, 0.2) is 30.3 Å². The van der Waals surface area contributed by atoms with Crippen molar-refractivity contribution in [1.82, 2.24) is 9.97 Å². The highest BCUT2D eigenvalue weighted by atomic mass is 16.5. The number of nitrogens with zero attached hydrogens (tertiary/aromatic N) is 2. The molecule has 0 aliphatic heterocycles. The van der Waals surface area contributed by atoms with E-state index in [2.05, 4.69) is 15.3 Å². The average Bonchev–Trinajstić information content (AvgIpc) is 2.45. The quantitative estimate of drug-likeness (QED) is 0.855. The summed E-state index contributed by atoms with van der Waals surface area (Å²) in [5.41, 5.74) is 2.98. The summed E-state index contributed by atoms with van der Waals surface area (Å²) in [4.78, 5) is 20.1. The van der Waals surface area contributed by atoms with Crippen LogP contribution in [0, 0.1) is 6.92 Å². The molecule has 0 amide bonds. The SMILES string of the molecule is CNc1nc(C)cc(-c2cccc(C(=O)OC)c2)n1. The van der Waals surface area contributed by atoms with Gasteiger partial charge in [-0.2, -0.15) is 0 Å². The molecule has 1 aromatic heterocycles. The van der Waals surface area contributed by atoms with Gasteiger partial charge < -0.3 is 10.1 Å². The Bertz CT molecular complexity index is 611. The zero-order valence-corrected chi connectivity index (χ0v) is 11.1. The number of carbonyl (C=O) groups is 1. The van der Waals surface area contributed by atoms with Crippen LogP contribution in [-0.2, 0) is 4.74 Å². The molecule has 0 radical (unpaired) electrons. The van der Waals surface area contributed by atoms with Gasteiger partial charge in [-0.1, -0.05) is 12.1 Å². The second kappa shape index (κ2) is 5.48. The second-order valence-corrected chi connectivity index (χ2v) is 4.04. The van der Waals surface area contributed by atoms with E-state index in [4.69, 9.17) is 4.74 Å². The highest BCUT2D eigenvalue weighted by Gasteiger charge is 2.08. The molecule has 2 rings (SSSR count). The number of carbonyl (C=O) groups excluding carboxylic acids is 1. The van der Waals surface area contributed by atoms with E-state index < -0.39 is 0 Å². The van der Waals surface area contributed by atoms with Crippen LogP contribution in [0.5, 0.6) is 0 Å². The molecule has 19 heavy (non-hydrogen) atoms. The van der Waals surface area contributed by atoms with Crippen molar-refractivity contribution in [2.24, 2.45) is 0 Å². The van der Waals surface area contributed by atoms with E-state index in [0.29, 0.717) is 11.5 Å². The third-order valence-corrected chi connectivity index (χ3v) is 2.66. The summed E-state index contributed by atoms with van der Waals surface area (Å²) in [5.74, 6) is 0.194. The van der Waals surface area contributed by atoms with Crippen LogP contribution in [0.25, 0.3) is 11.3 Å². The summed E-state index contributed by atoms with van der Waals surface area (Å²) >= 11 is 0. The van der Waals surface area contributed by atoms with Crippen molar-refractivity contribution in [1.29, 1.82) is 0 Å². The maximum atomic E-state index is 11.5. The summed E-state index contributed by atoms with van der Waals surface area (Å²) in [6.45, 7) is 1.90. The van der Waals surface area contributed by atoms with E-state index >= 15 is 0 Å². The fourth-order valence-electron chi connectivity index (χ4n) is 1.75. The molecule has 0 spiro atoms. The molecule has 1 heterocycles. The number of methoxy groups -OCH3 is 1. The Balaban J connectivity index is 2.47. The van der Waals surface area contributed by atoms with E-state index in [0.717, 1.165) is 17.0 Å². The lowest BCUT2D eigenvalue weighted by molar-refractivity contribution is 0.0601. The van der Waals surface area contributed by atoms with Gasteiger partial charge in [-0.25, -0.2) is 14.8 Å². The number of benzene rings is 1. The first-order chi connectivity index (χ1) is 9.13. The topological polar surface area (TPSA) is 64.1 Å². The highest BCUT2D eigenvalue weighted by molar-refractivity contribution is 5.90. The van der Waals surface area contributed by atoms with E-state index in [1.54, 1.807) is 25.2 Å². The van der Waals surface area contributed by atoms with E-state index in [-0.39, 0.29) is 5.97 Å². The zero-order chi connectivity index (χ0) is 13.8. The summed E-state index contributed by atoms with van der Waals surface area (Å²) in [5, 5.41) is 2.91. The van der Waals surface area contributed by atoms with Gasteiger partial charge in [0.1, 0.15) is 0 Å². The first kappa shape index (κ1) is 13.0. The number of rotatable bonds is 3. The lowest BCUT2D eigenvalue weighted by atomic mass is 10.1. The Labute approximate surface area is 111 Å². The number of hydrogen-bond donors (Lipinski definition) is 1. The molecule has 0 fully saturated rings. The lowest BCUT2D eigenvalue weighted by Crippen LogP contribution is -2.02. The van der Waals surface area contributed by atoms with Crippen molar-refractivity contribution in [3.8, 4) is 11.3 Å². The maximum absolute atomic E-state index is 11.5. The summed E-state index contributed by atoms with van der Waals surface area (Å²) in [6.07, 6.45) is 0. The van der Waals surface area contributed by atoms with Gasteiger partial charge >= 0.3 is 5.97 Å². The van der Waals surface area contributed by atoms with Gasteiger partial charge in [0, 0.05) is 18.3 Å².